The van der Waals surface area contributed by atoms with Crippen molar-refractivity contribution in [1.82, 2.24) is 10.2 Å². The van der Waals surface area contributed by atoms with Gasteiger partial charge in [0.05, 0.1) is 5.52 Å². The van der Waals surface area contributed by atoms with Gasteiger partial charge in [-0.15, -0.1) is 13.2 Å². The highest BCUT2D eigenvalue weighted by atomic mass is 19.4. The summed E-state index contributed by atoms with van der Waals surface area (Å²) in [6.45, 7) is 1.64. The molecule has 0 aliphatic carbocycles. The van der Waals surface area contributed by atoms with Crippen LogP contribution in [0.4, 0.5) is 19.0 Å². The van der Waals surface area contributed by atoms with Gasteiger partial charge >= 0.3 is 6.36 Å². The number of hydrogen-bond donors (Lipinski definition) is 2. The highest BCUT2D eigenvalue weighted by Gasteiger charge is 2.31. The van der Waals surface area contributed by atoms with E-state index in [0.29, 0.717) is 28.0 Å². The molecule has 1 unspecified atom stereocenters. The average molecular weight is 441 g/mol. The van der Waals surface area contributed by atoms with Crippen molar-refractivity contribution in [1.29, 1.82) is 0 Å². The first kappa shape index (κ1) is 21.2. The van der Waals surface area contributed by atoms with Crippen LogP contribution < -0.4 is 14.8 Å². The number of anilines is 1. The number of halogens is 3. The highest BCUT2D eigenvalue weighted by molar-refractivity contribution is 6.02. The second-order valence-corrected chi connectivity index (χ2v) is 6.97. The quantitative estimate of drug-likeness (QED) is 0.412. The smallest absolute Gasteiger partial charge is 0.481 e. The summed E-state index contributed by atoms with van der Waals surface area (Å²) in [5.74, 6) is 0.291. The number of rotatable bonds is 6. The number of H-pyrrole nitrogens is 1. The Hall–Kier alpha value is -4.01. The number of fused-ring (bicyclic) bond motifs is 1. The third kappa shape index (κ3) is 5.00. The van der Waals surface area contributed by atoms with Gasteiger partial charge < -0.3 is 14.8 Å². The molecule has 1 heterocycles. The number of aromatic nitrogens is 2. The zero-order valence-corrected chi connectivity index (χ0v) is 16.8. The average Bonchev–Trinajstić information content (AvgIpc) is 3.16. The largest absolute Gasteiger partial charge is 0.573 e. The summed E-state index contributed by atoms with van der Waals surface area (Å²) in [5, 5.41) is 10.4. The first-order valence-electron chi connectivity index (χ1n) is 9.65. The van der Waals surface area contributed by atoms with E-state index in [4.69, 9.17) is 4.74 Å². The first-order chi connectivity index (χ1) is 15.3. The maximum absolute atomic E-state index is 12.5. The Morgan fingerprint density at radius 2 is 1.66 bits per heavy atom. The third-order valence-corrected chi connectivity index (χ3v) is 4.65. The van der Waals surface area contributed by atoms with Gasteiger partial charge in [0, 0.05) is 5.39 Å². The molecular formula is C23H18F3N3O3. The van der Waals surface area contributed by atoms with Gasteiger partial charge in [0.1, 0.15) is 11.5 Å². The zero-order chi connectivity index (χ0) is 22.7. The van der Waals surface area contributed by atoms with Crippen molar-refractivity contribution in [2.24, 2.45) is 0 Å². The summed E-state index contributed by atoms with van der Waals surface area (Å²) >= 11 is 0. The zero-order valence-electron chi connectivity index (χ0n) is 16.8. The Bertz CT molecular complexity index is 1220. The molecule has 0 radical (unpaired) electrons. The predicted molar refractivity (Wildman–Crippen MR) is 113 cm³/mol. The van der Waals surface area contributed by atoms with Crippen molar-refractivity contribution >= 4 is 22.6 Å². The molecule has 164 valence electrons. The summed E-state index contributed by atoms with van der Waals surface area (Å²) in [4.78, 5) is 12.5. The molecule has 4 aromatic rings. The number of nitrogens with one attached hydrogen (secondary N) is 2. The van der Waals surface area contributed by atoms with E-state index in [0.717, 1.165) is 5.56 Å². The van der Waals surface area contributed by atoms with E-state index in [-0.39, 0.29) is 11.7 Å². The summed E-state index contributed by atoms with van der Waals surface area (Å²) in [5.41, 5.74) is 2.12. The van der Waals surface area contributed by atoms with Crippen LogP contribution in [-0.2, 0) is 4.79 Å². The number of amides is 1. The number of nitrogens with zero attached hydrogens (tertiary/aromatic N) is 1. The molecule has 0 aliphatic heterocycles. The lowest BCUT2D eigenvalue weighted by Crippen LogP contribution is -2.30. The van der Waals surface area contributed by atoms with Gasteiger partial charge in [-0.05, 0) is 54.4 Å². The fraction of sp³-hybridized carbons (Fsp3) is 0.130. The number of carbonyl (C=O) groups excluding carboxylic acids is 1. The summed E-state index contributed by atoms with van der Waals surface area (Å²) in [6, 6.07) is 19.9. The number of para-hydroxylation sites is 1. The predicted octanol–water partition coefficient (Wildman–Crippen LogP) is 5.53. The molecule has 9 heteroatoms. The summed E-state index contributed by atoms with van der Waals surface area (Å²) in [7, 11) is 0. The van der Waals surface area contributed by atoms with Crippen molar-refractivity contribution in [3.8, 4) is 22.6 Å². The minimum absolute atomic E-state index is 0.291. The molecule has 1 aromatic heterocycles. The molecule has 0 bridgehead atoms. The Morgan fingerprint density at radius 1 is 0.969 bits per heavy atom. The van der Waals surface area contributed by atoms with E-state index in [9.17, 15) is 18.0 Å². The monoisotopic (exact) mass is 441 g/mol. The maximum Gasteiger partial charge on any atom is 0.573 e. The SMILES string of the molecule is CC(Oc1ccccc1)C(=O)Nc1n[nH]c2cc(-c3ccc(OC(F)(F)F)cc3)ccc12. The molecule has 3 aromatic carbocycles. The Morgan fingerprint density at radius 3 is 2.34 bits per heavy atom. The topological polar surface area (TPSA) is 76.2 Å². The Labute approximate surface area is 181 Å². The maximum atomic E-state index is 12.5. The normalized spacial score (nSPS) is 12.4. The molecule has 0 fully saturated rings. The molecule has 1 amide bonds. The van der Waals surface area contributed by atoms with Crippen molar-refractivity contribution < 1.29 is 27.4 Å². The fourth-order valence-electron chi connectivity index (χ4n) is 3.12. The van der Waals surface area contributed by atoms with Crippen LogP contribution in [0.15, 0.2) is 72.8 Å². The number of hydrogen-bond acceptors (Lipinski definition) is 4. The molecule has 1 atom stereocenters. The minimum Gasteiger partial charge on any atom is -0.481 e. The number of aromatic amines is 1. The second-order valence-electron chi connectivity index (χ2n) is 6.97. The lowest BCUT2D eigenvalue weighted by Gasteiger charge is -2.13. The molecule has 2 N–H and O–H groups in total. The van der Waals surface area contributed by atoms with Crippen LogP contribution in [0.2, 0.25) is 0 Å². The van der Waals surface area contributed by atoms with Gasteiger partial charge in [-0.2, -0.15) is 5.10 Å². The summed E-state index contributed by atoms with van der Waals surface area (Å²) < 4.78 is 46.5. The molecule has 32 heavy (non-hydrogen) atoms. The number of benzene rings is 3. The second kappa shape index (κ2) is 8.62. The van der Waals surface area contributed by atoms with Crippen LogP contribution >= 0.6 is 0 Å². The van der Waals surface area contributed by atoms with Crippen LogP contribution in [-0.4, -0.2) is 28.6 Å². The van der Waals surface area contributed by atoms with Crippen LogP contribution in [0.25, 0.3) is 22.0 Å². The van der Waals surface area contributed by atoms with Gasteiger partial charge in [-0.3, -0.25) is 9.89 Å². The van der Waals surface area contributed by atoms with Crippen molar-refractivity contribution in [2.45, 2.75) is 19.4 Å². The minimum atomic E-state index is -4.74. The molecular weight excluding hydrogens is 423 g/mol. The molecule has 0 saturated carbocycles. The van der Waals surface area contributed by atoms with E-state index in [1.165, 1.54) is 24.3 Å². The van der Waals surface area contributed by atoms with Crippen molar-refractivity contribution in [3.63, 3.8) is 0 Å². The Kier molecular flexibility index (Phi) is 5.72. The third-order valence-electron chi connectivity index (χ3n) is 4.65. The van der Waals surface area contributed by atoms with E-state index in [1.807, 2.05) is 18.2 Å². The molecule has 0 spiro atoms. The van der Waals surface area contributed by atoms with E-state index < -0.39 is 12.5 Å². The van der Waals surface area contributed by atoms with E-state index in [1.54, 1.807) is 37.3 Å². The molecule has 4 rings (SSSR count). The number of carbonyl (C=O) groups is 1. The standard InChI is InChI=1S/C23H18F3N3O3/c1-14(31-17-5-3-2-4-6-17)22(30)27-21-19-12-9-16(13-20(19)28-29-21)15-7-10-18(11-8-15)32-23(24,25)26/h2-14H,1H3,(H2,27,28,29,30). The molecule has 0 aliphatic rings. The van der Waals surface area contributed by atoms with Crippen molar-refractivity contribution in [2.75, 3.05) is 5.32 Å². The van der Waals surface area contributed by atoms with E-state index >= 15 is 0 Å². The van der Waals surface area contributed by atoms with Gasteiger partial charge in [-0.25, -0.2) is 0 Å². The molecule has 6 nitrogen and oxygen atoms in total. The van der Waals surface area contributed by atoms with Crippen LogP contribution in [0.3, 0.4) is 0 Å². The van der Waals surface area contributed by atoms with Gasteiger partial charge in [-0.1, -0.05) is 36.4 Å². The van der Waals surface area contributed by atoms with Gasteiger partial charge in [0.2, 0.25) is 0 Å². The van der Waals surface area contributed by atoms with Gasteiger partial charge in [0.15, 0.2) is 11.9 Å². The highest BCUT2D eigenvalue weighted by Crippen LogP contribution is 2.30. The number of alkyl halides is 3. The fourth-order valence-corrected chi connectivity index (χ4v) is 3.12. The van der Waals surface area contributed by atoms with Crippen LogP contribution in [0.5, 0.6) is 11.5 Å². The Balaban J connectivity index is 1.47. The summed E-state index contributed by atoms with van der Waals surface area (Å²) in [6.07, 6.45) is -5.47. The van der Waals surface area contributed by atoms with Crippen LogP contribution in [0.1, 0.15) is 6.92 Å². The first-order valence-corrected chi connectivity index (χ1v) is 9.65. The lowest BCUT2D eigenvalue weighted by atomic mass is 10.0. The van der Waals surface area contributed by atoms with Gasteiger partial charge in [0.25, 0.3) is 5.91 Å². The molecule has 0 saturated heterocycles. The number of ether oxygens (including phenoxy) is 2. The van der Waals surface area contributed by atoms with Crippen molar-refractivity contribution in [3.05, 3.63) is 72.8 Å². The van der Waals surface area contributed by atoms with Crippen LogP contribution in [0, 0.1) is 0 Å². The van der Waals surface area contributed by atoms with E-state index in [2.05, 4.69) is 20.3 Å². The lowest BCUT2D eigenvalue weighted by molar-refractivity contribution is -0.274.